The fraction of sp³-hybridized carbons (Fsp3) is 1.00. The van der Waals surface area contributed by atoms with Crippen LogP contribution in [0.5, 0.6) is 0 Å². The van der Waals surface area contributed by atoms with Crippen molar-refractivity contribution < 1.29 is 9.84 Å². The van der Waals surface area contributed by atoms with Gasteiger partial charge in [-0.2, -0.15) is 0 Å². The van der Waals surface area contributed by atoms with Crippen LogP contribution in [0, 0.1) is 0 Å². The first-order valence-electron chi connectivity index (χ1n) is 7.24. The third kappa shape index (κ3) is 6.39. The second-order valence-corrected chi connectivity index (χ2v) is 5.24. The van der Waals surface area contributed by atoms with Crippen LogP contribution in [-0.2, 0) is 4.74 Å². The normalized spacial score (nSPS) is 24.5. The summed E-state index contributed by atoms with van der Waals surface area (Å²) in [6.07, 6.45) is 7.00. The first kappa shape index (κ1) is 14.9. The number of nitrogens with zero attached hydrogens (tertiary/aromatic N) is 1. The molecule has 1 heterocycles. The van der Waals surface area contributed by atoms with E-state index < -0.39 is 0 Å². The van der Waals surface area contributed by atoms with Crippen molar-refractivity contribution in [2.75, 3.05) is 26.3 Å². The van der Waals surface area contributed by atoms with Crippen LogP contribution in [0.4, 0.5) is 0 Å². The van der Waals surface area contributed by atoms with Crippen molar-refractivity contribution in [3.05, 3.63) is 0 Å². The van der Waals surface area contributed by atoms with Gasteiger partial charge in [0, 0.05) is 19.2 Å². The summed E-state index contributed by atoms with van der Waals surface area (Å²) in [5.41, 5.74) is 0. The summed E-state index contributed by atoms with van der Waals surface area (Å²) in [6, 6.07) is 0.558. The molecule has 0 radical (unpaired) electrons. The lowest BCUT2D eigenvalue weighted by Crippen LogP contribution is -2.39. The van der Waals surface area contributed by atoms with E-state index in [0.29, 0.717) is 6.04 Å². The smallest absolute Gasteiger partial charge is 0.0593 e. The van der Waals surface area contributed by atoms with E-state index in [9.17, 15) is 5.11 Å². The predicted octanol–water partition coefficient (Wildman–Crippen LogP) is 2.43. The molecule has 0 bridgehead atoms. The van der Waals surface area contributed by atoms with Gasteiger partial charge in [0.2, 0.25) is 0 Å². The highest BCUT2D eigenvalue weighted by Crippen LogP contribution is 2.20. The van der Waals surface area contributed by atoms with Gasteiger partial charge in [-0.3, -0.25) is 4.90 Å². The van der Waals surface area contributed by atoms with Crippen LogP contribution in [0.3, 0.4) is 0 Å². The maximum absolute atomic E-state index is 9.57. The fourth-order valence-corrected chi connectivity index (χ4v) is 2.62. The predicted molar refractivity (Wildman–Crippen MR) is 71.2 cm³/mol. The monoisotopic (exact) mass is 243 g/mol. The SMILES string of the molecule is CCCOCCN1CCCCCC1CC(C)O. The van der Waals surface area contributed by atoms with E-state index >= 15 is 0 Å². The molecule has 0 amide bonds. The fourth-order valence-electron chi connectivity index (χ4n) is 2.62. The second-order valence-electron chi connectivity index (χ2n) is 5.24. The largest absolute Gasteiger partial charge is 0.393 e. The van der Waals surface area contributed by atoms with E-state index in [0.717, 1.165) is 32.6 Å². The van der Waals surface area contributed by atoms with Gasteiger partial charge in [-0.1, -0.05) is 19.8 Å². The molecule has 1 N–H and O–H groups in total. The van der Waals surface area contributed by atoms with Crippen LogP contribution < -0.4 is 0 Å². The third-order valence-corrected chi connectivity index (χ3v) is 3.48. The lowest BCUT2D eigenvalue weighted by atomic mass is 10.0. The Hall–Kier alpha value is -0.120. The van der Waals surface area contributed by atoms with Crippen LogP contribution in [0.25, 0.3) is 0 Å². The van der Waals surface area contributed by atoms with Gasteiger partial charge in [0.05, 0.1) is 12.7 Å². The zero-order chi connectivity index (χ0) is 12.5. The van der Waals surface area contributed by atoms with Crippen LogP contribution in [0.1, 0.15) is 52.4 Å². The average Bonchev–Trinajstić information content (AvgIpc) is 2.50. The molecule has 2 atom stereocenters. The minimum absolute atomic E-state index is 0.183. The number of rotatable bonds is 7. The van der Waals surface area contributed by atoms with Crippen LogP contribution in [0.2, 0.25) is 0 Å². The molecular formula is C14H29NO2. The third-order valence-electron chi connectivity index (χ3n) is 3.48. The molecule has 0 aromatic heterocycles. The molecule has 2 unspecified atom stereocenters. The summed E-state index contributed by atoms with van der Waals surface area (Å²) in [6.45, 7) is 7.95. The van der Waals surface area contributed by atoms with E-state index in [1.54, 1.807) is 0 Å². The molecular weight excluding hydrogens is 214 g/mol. The molecule has 102 valence electrons. The number of ether oxygens (including phenoxy) is 1. The van der Waals surface area contributed by atoms with E-state index in [4.69, 9.17) is 4.74 Å². The summed E-state index contributed by atoms with van der Waals surface area (Å²) in [7, 11) is 0. The summed E-state index contributed by atoms with van der Waals surface area (Å²) >= 11 is 0. The Labute approximate surface area is 106 Å². The summed E-state index contributed by atoms with van der Waals surface area (Å²) < 4.78 is 5.58. The highest BCUT2D eigenvalue weighted by Gasteiger charge is 2.21. The Morgan fingerprint density at radius 2 is 2.12 bits per heavy atom. The Morgan fingerprint density at radius 1 is 1.29 bits per heavy atom. The van der Waals surface area contributed by atoms with Gasteiger partial charge < -0.3 is 9.84 Å². The minimum atomic E-state index is -0.183. The van der Waals surface area contributed by atoms with Crippen molar-refractivity contribution >= 4 is 0 Å². The molecule has 0 aliphatic carbocycles. The maximum Gasteiger partial charge on any atom is 0.0593 e. The van der Waals surface area contributed by atoms with Crippen molar-refractivity contribution in [3.8, 4) is 0 Å². The topological polar surface area (TPSA) is 32.7 Å². The first-order chi connectivity index (χ1) is 8.24. The zero-order valence-corrected chi connectivity index (χ0v) is 11.5. The molecule has 3 nitrogen and oxygen atoms in total. The van der Waals surface area contributed by atoms with Gasteiger partial charge in [-0.15, -0.1) is 0 Å². The quantitative estimate of drug-likeness (QED) is 0.697. The molecule has 17 heavy (non-hydrogen) atoms. The number of aliphatic hydroxyl groups excluding tert-OH is 1. The van der Waals surface area contributed by atoms with E-state index in [1.165, 1.54) is 32.2 Å². The molecule has 1 aliphatic heterocycles. The molecule has 0 aromatic rings. The molecule has 0 saturated carbocycles. The van der Waals surface area contributed by atoms with Gasteiger partial charge in [0.1, 0.15) is 0 Å². The van der Waals surface area contributed by atoms with E-state index in [-0.39, 0.29) is 6.10 Å². The summed E-state index contributed by atoms with van der Waals surface area (Å²) in [5.74, 6) is 0. The number of likely N-dealkylation sites (tertiary alicyclic amines) is 1. The number of hydrogen-bond acceptors (Lipinski definition) is 3. The zero-order valence-electron chi connectivity index (χ0n) is 11.5. The molecule has 1 rings (SSSR count). The highest BCUT2D eigenvalue weighted by atomic mass is 16.5. The number of aliphatic hydroxyl groups is 1. The maximum atomic E-state index is 9.57. The minimum Gasteiger partial charge on any atom is -0.393 e. The van der Waals surface area contributed by atoms with Crippen LogP contribution >= 0.6 is 0 Å². The highest BCUT2D eigenvalue weighted by molar-refractivity contribution is 4.77. The van der Waals surface area contributed by atoms with Gasteiger partial charge in [-0.05, 0) is 39.2 Å². The number of hydrogen-bond donors (Lipinski definition) is 1. The Kier molecular flexibility index (Phi) is 7.82. The van der Waals surface area contributed by atoms with Gasteiger partial charge >= 0.3 is 0 Å². The van der Waals surface area contributed by atoms with Crippen molar-refractivity contribution in [1.82, 2.24) is 4.90 Å². The second kappa shape index (κ2) is 8.90. The Balaban J connectivity index is 2.33. The molecule has 0 spiro atoms. The summed E-state index contributed by atoms with van der Waals surface area (Å²) in [4.78, 5) is 2.52. The Bertz CT molecular complexity index is 185. The van der Waals surface area contributed by atoms with E-state index in [2.05, 4.69) is 11.8 Å². The molecule has 3 heteroatoms. The molecule has 0 aromatic carbocycles. The van der Waals surface area contributed by atoms with Crippen molar-refractivity contribution in [3.63, 3.8) is 0 Å². The van der Waals surface area contributed by atoms with Gasteiger partial charge in [0.25, 0.3) is 0 Å². The lowest BCUT2D eigenvalue weighted by molar-refractivity contribution is 0.0685. The van der Waals surface area contributed by atoms with Crippen molar-refractivity contribution in [1.29, 1.82) is 0 Å². The molecule has 1 saturated heterocycles. The van der Waals surface area contributed by atoms with Crippen LogP contribution in [0.15, 0.2) is 0 Å². The Morgan fingerprint density at radius 3 is 2.82 bits per heavy atom. The summed E-state index contributed by atoms with van der Waals surface area (Å²) in [5, 5.41) is 9.57. The molecule has 1 fully saturated rings. The van der Waals surface area contributed by atoms with Crippen molar-refractivity contribution in [2.45, 2.75) is 64.5 Å². The van der Waals surface area contributed by atoms with Crippen molar-refractivity contribution in [2.24, 2.45) is 0 Å². The van der Waals surface area contributed by atoms with Gasteiger partial charge in [-0.25, -0.2) is 0 Å². The van der Waals surface area contributed by atoms with Crippen LogP contribution in [-0.4, -0.2) is 48.5 Å². The lowest BCUT2D eigenvalue weighted by Gasteiger charge is -2.30. The average molecular weight is 243 g/mol. The molecule has 1 aliphatic rings. The van der Waals surface area contributed by atoms with E-state index in [1.807, 2.05) is 6.92 Å². The standard InChI is InChI=1S/C14H29NO2/c1-3-10-17-11-9-15-8-6-4-5-7-14(15)12-13(2)16/h13-14,16H,3-12H2,1-2H3. The van der Waals surface area contributed by atoms with Gasteiger partial charge in [0.15, 0.2) is 0 Å². The first-order valence-corrected chi connectivity index (χ1v) is 7.24.